The molecule has 0 bridgehead atoms. The van der Waals surface area contributed by atoms with E-state index in [-0.39, 0.29) is 11.3 Å². The molecular weight excluding hydrogens is 276 g/mol. The Kier molecular flexibility index (Phi) is 3.41. The lowest BCUT2D eigenvalue weighted by atomic mass is 10.1. The monoisotopic (exact) mass is 292 g/mol. The van der Waals surface area contributed by atoms with Crippen molar-refractivity contribution >= 4 is 23.6 Å². The second kappa shape index (κ2) is 5.09. The Morgan fingerprint density at radius 1 is 1.45 bits per heavy atom. The fourth-order valence-corrected chi connectivity index (χ4v) is 4.18. The van der Waals surface area contributed by atoms with E-state index < -0.39 is 12.0 Å². The molecule has 0 aromatic carbocycles. The van der Waals surface area contributed by atoms with Gasteiger partial charge < -0.3 is 10.0 Å². The summed E-state index contributed by atoms with van der Waals surface area (Å²) >= 11 is 1.58. The molecule has 1 saturated heterocycles. The first-order valence-corrected chi connectivity index (χ1v) is 7.73. The number of thioether (sulfide) groups is 1. The molecule has 20 heavy (non-hydrogen) atoms. The van der Waals surface area contributed by atoms with Crippen LogP contribution in [0.25, 0.3) is 0 Å². The van der Waals surface area contributed by atoms with Gasteiger partial charge in [0.15, 0.2) is 0 Å². The predicted molar refractivity (Wildman–Crippen MR) is 75.5 cm³/mol. The molecule has 2 heterocycles. The van der Waals surface area contributed by atoms with Crippen LogP contribution in [0.1, 0.15) is 28.9 Å². The first kappa shape index (κ1) is 13.4. The molecule has 0 spiro atoms. The molecule has 2 fully saturated rings. The summed E-state index contributed by atoms with van der Waals surface area (Å²) in [5.41, 5.74) is 1.15. The van der Waals surface area contributed by atoms with Crippen LogP contribution in [0.5, 0.6) is 0 Å². The maximum Gasteiger partial charge on any atom is 0.327 e. The lowest BCUT2D eigenvalue weighted by Gasteiger charge is -2.27. The van der Waals surface area contributed by atoms with Crippen molar-refractivity contribution in [3.63, 3.8) is 0 Å². The van der Waals surface area contributed by atoms with Crippen LogP contribution < -0.4 is 0 Å². The number of hydrogen-bond acceptors (Lipinski definition) is 4. The predicted octanol–water partition coefficient (Wildman–Crippen LogP) is 1.77. The molecule has 6 heteroatoms. The van der Waals surface area contributed by atoms with Crippen molar-refractivity contribution in [1.82, 2.24) is 9.88 Å². The second-order valence-corrected chi connectivity index (χ2v) is 6.45. The summed E-state index contributed by atoms with van der Waals surface area (Å²) in [5, 5.41) is 9.33. The molecule has 1 amide bonds. The van der Waals surface area contributed by atoms with Crippen molar-refractivity contribution in [2.45, 2.75) is 31.2 Å². The number of amides is 1. The second-order valence-electron chi connectivity index (χ2n) is 5.30. The van der Waals surface area contributed by atoms with Gasteiger partial charge in [-0.15, -0.1) is 11.8 Å². The molecule has 1 aromatic heterocycles. The van der Waals surface area contributed by atoms with Gasteiger partial charge in [0, 0.05) is 11.9 Å². The summed E-state index contributed by atoms with van der Waals surface area (Å²) in [7, 11) is 0. The molecule has 1 aliphatic carbocycles. The van der Waals surface area contributed by atoms with Crippen molar-refractivity contribution in [3.8, 4) is 0 Å². The highest BCUT2D eigenvalue weighted by Gasteiger charge is 2.48. The van der Waals surface area contributed by atoms with E-state index in [1.54, 1.807) is 28.9 Å². The number of hydrogen-bond donors (Lipinski definition) is 1. The van der Waals surface area contributed by atoms with E-state index in [0.717, 1.165) is 18.4 Å². The number of rotatable bonds is 3. The largest absolute Gasteiger partial charge is 0.480 e. The van der Waals surface area contributed by atoms with Gasteiger partial charge in [-0.1, -0.05) is 6.07 Å². The van der Waals surface area contributed by atoms with Crippen molar-refractivity contribution in [3.05, 3.63) is 29.6 Å². The van der Waals surface area contributed by atoms with Gasteiger partial charge in [0.25, 0.3) is 5.91 Å². The SMILES string of the molecule is Cc1cccnc1C(=O)N1C(C(=O)O)CSC1C1CC1. The van der Waals surface area contributed by atoms with Crippen LogP contribution in [0.15, 0.2) is 18.3 Å². The van der Waals surface area contributed by atoms with E-state index >= 15 is 0 Å². The summed E-state index contributed by atoms with van der Waals surface area (Å²) in [4.78, 5) is 29.8. The summed E-state index contributed by atoms with van der Waals surface area (Å²) in [6.07, 6.45) is 3.73. The van der Waals surface area contributed by atoms with Crippen molar-refractivity contribution < 1.29 is 14.7 Å². The van der Waals surface area contributed by atoms with Crippen LogP contribution in [0.3, 0.4) is 0 Å². The maximum absolute atomic E-state index is 12.7. The van der Waals surface area contributed by atoms with Gasteiger partial charge >= 0.3 is 5.97 Å². The smallest absolute Gasteiger partial charge is 0.327 e. The zero-order chi connectivity index (χ0) is 14.3. The van der Waals surface area contributed by atoms with Crippen LogP contribution in [-0.2, 0) is 4.79 Å². The average molecular weight is 292 g/mol. The lowest BCUT2D eigenvalue weighted by Crippen LogP contribution is -2.46. The first-order valence-electron chi connectivity index (χ1n) is 6.68. The number of aryl methyl sites for hydroxylation is 1. The molecule has 1 saturated carbocycles. The Morgan fingerprint density at radius 2 is 2.20 bits per heavy atom. The van der Waals surface area contributed by atoms with E-state index in [1.165, 1.54) is 0 Å². The standard InChI is InChI=1S/C14H16N2O3S/c1-8-3-2-6-15-11(8)12(17)16-10(14(18)19)7-20-13(16)9-4-5-9/h2-3,6,9-10,13H,4-5,7H2,1H3,(H,18,19). The van der Waals surface area contributed by atoms with Crippen LogP contribution >= 0.6 is 11.8 Å². The van der Waals surface area contributed by atoms with Crippen LogP contribution in [0.4, 0.5) is 0 Å². The van der Waals surface area contributed by atoms with Gasteiger partial charge in [-0.2, -0.15) is 0 Å². The summed E-state index contributed by atoms with van der Waals surface area (Å²) < 4.78 is 0. The van der Waals surface area contributed by atoms with Gasteiger partial charge in [0.05, 0.1) is 5.37 Å². The summed E-state index contributed by atoms with van der Waals surface area (Å²) in [6.45, 7) is 1.82. The number of aromatic nitrogens is 1. The summed E-state index contributed by atoms with van der Waals surface area (Å²) in [6, 6.07) is 2.86. The van der Waals surface area contributed by atoms with Gasteiger partial charge in [-0.3, -0.25) is 9.78 Å². The number of aliphatic carboxylic acids is 1. The van der Waals surface area contributed by atoms with Gasteiger partial charge in [0.2, 0.25) is 0 Å². The number of carboxylic acid groups (broad SMARTS) is 1. The number of carboxylic acids is 1. The topological polar surface area (TPSA) is 70.5 Å². The lowest BCUT2D eigenvalue weighted by molar-refractivity contribution is -0.141. The number of nitrogens with zero attached hydrogens (tertiary/aromatic N) is 2. The van der Waals surface area contributed by atoms with Gasteiger partial charge in [0.1, 0.15) is 11.7 Å². The minimum atomic E-state index is -0.928. The molecule has 106 valence electrons. The average Bonchev–Trinajstić information content (AvgIpc) is 3.17. The third-order valence-electron chi connectivity index (χ3n) is 3.79. The Balaban J connectivity index is 1.93. The molecule has 1 aromatic rings. The Bertz CT molecular complexity index is 559. The number of pyridine rings is 1. The fraction of sp³-hybridized carbons (Fsp3) is 0.500. The highest BCUT2D eigenvalue weighted by molar-refractivity contribution is 8.00. The Labute approximate surface area is 121 Å². The van der Waals surface area contributed by atoms with Crippen molar-refractivity contribution in [2.24, 2.45) is 5.92 Å². The molecule has 3 rings (SSSR count). The van der Waals surface area contributed by atoms with Gasteiger partial charge in [-0.05, 0) is 37.3 Å². The van der Waals surface area contributed by atoms with Crippen molar-refractivity contribution in [1.29, 1.82) is 0 Å². The van der Waals surface area contributed by atoms with E-state index in [2.05, 4.69) is 4.98 Å². The quantitative estimate of drug-likeness (QED) is 0.919. The highest BCUT2D eigenvalue weighted by atomic mass is 32.2. The number of carbonyl (C=O) groups is 2. The molecular formula is C14H16N2O3S. The normalized spacial score (nSPS) is 25.8. The minimum Gasteiger partial charge on any atom is -0.480 e. The summed E-state index contributed by atoms with van der Waals surface area (Å²) in [5.74, 6) is -0.272. The van der Waals surface area contributed by atoms with Crippen molar-refractivity contribution in [2.75, 3.05) is 5.75 Å². The third kappa shape index (κ3) is 2.28. The minimum absolute atomic E-state index is 0.00925. The fourth-order valence-electron chi connectivity index (χ4n) is 2.55. The zero-order valence-corrected chi connectivity index (χ0v) is 12.0. The van der Waals surface area contributed by atoms with E-state index in [0.29, 0.717) is 17.4 Å². The van der Waals surface area contributed by atoms with Crippen LogP contribution in [-0.4, -0.2) is 44.0 Å². The molecule has 5 nitrogen and oxygen atoms in total. The van der Waals surface area contributed by atoms with Gasteiger partial charge in [-0.25, -0.2) is 4.79 Å². The molecule has 2 atom stereocenters. The molecule has 1 N–H and O–H groups in total. The molecule has 0 radical (unpaired) electrons. The molecule has 1 aliphatic heterocycles. The highest BCUT2D eigenvalue weighted by Crippen LogP contribution is 2.45. The van der Waals surface area contributed by atoms with E-state index in [4.69, 9.17) is 0 Å². The van der Waals surface area contributed by atoms with Crippen LogP contribution in [0.2, 0.25) is 0 Å². The number of carbonyl (C=O) groups excluding carboxylic acids is 1. The van der Waals surface area contributed by atoms with E-state index in [9.17, 15) is 14.7 Å². The molecule has 2 aliphatic rings. The third-order valence-corrected chi connectivity index (χ3v) is 5.25. The van der Waals surface area contributed by atoms with Crippen LogP contribution in [0, 0.1) is 12.8 Å². The Hall–Kier alpha value is -1.56. The van der Waals surface area contributed by atoms with E-state index in [1.807, 2.05) is 13.0 Å². The first-order chi connectivity index (χ1) is 9.59. The molecule has 2 unspecified atom stereocenters. The zero-order valence-electron chi connectivity index (χ0n) is 11.2. The maximum atomic E-state index is 12.7. The Morgan fingerprint density at radius 3 is 2.80 bits per heavy atom.